The summed E-state index contributed by atoms with van der Waals surface area (Å²) in [6.45, 7) is -0.312. The van der Waals surface area contributed by atoms with E-state index in [0.717, 1.165) is 9.36 Å². The molecule has 1 amide bonds. The van der Waals surface area contributed by atoms with E-state index in [2.05, 4.69) is 15.7 Å². The molecule has 1 heterocycles. The van der Waals surface area contributed by atoms with Gasteiger partial charge in [-0.2, -0.15) is 9.36 Å². The first-order chi connectivity index (χ1) is 11.6. The number of carbonyl (C=O) groups excluding carboxylic acids is 1. The van der Waals surface area contributed by atoms with Gasteiger partial charge in [0.05, 0.1) is 21.4 Å². The zero-order valence-electron chi connectivity index (χ0n) is 12.2. The van der Waals surface area contributed by atoms with Gasteiger partial charge in [0.15, 0.2) is 0 Å². The van der Waals surface area contributed by atoms with Gasteiger partial charge < -0.3 is 5.32 Å². The van der Waals surface area contributed by atoms with Crippen molar-refractivity contribution in [3.05, 3.63) is 69.1 Å². The van der Waals surface area contributed by atoms with Gasteiger partial charge in [-0.1, -0.05) is 47.5 Å². The summed E-state index contributed by atoms with van der Waals surface area (Å²) in [5.74, 6) is -0.493. The van der Waals surface area contributed by atoms with E-state index in [9.17, 15) is 9.59 Å². The topological polar surface area (TPSA) is 81.8 Å². The molecule has 0 bridgehead atoms. The first-order valence-corrected chi connectivity index (χ1v) is 7.64. The molecule has 0 spiro atoms. The monoisotopic (exact) mass is 363 g/mol. The Hall–Kier alpha value is -2.64. The quantitative estimate of drug-likeness (QED) is 0.771. The van der Waals surface area contributed by atoms with E-state index >= 15 is 0 Å². The Morgan fingerprint density at radius 2 is 1.67 bits per heavy atom. The van der Waals surface area contributed by atoms with Crippen molar-refractivity contribution in [3.63, 3.8) is 0 Å². The molecule has 0 aliphatic heterocycles. The zero-order valence-corrected chi connectivity index (χ0v) is 13.7. The van der Waals surface area contributed by atoms with Gasteiger partial charge in [0.2, 0.25) is 5.91 Å². The fourth-order valence-corrected chi connectivity index (χ4v) is 2.53. The van der Waals surface area contributed by atoms with E-state index in [1.807, 2.05) is 6.07 Å². The molecular weight excluding hydrogens is 353 g/mol. The number of nitrogens with one attached hydrogen (secondary N) is 1. The summed E-state index contributed by atoms with van der Waals surface area (Å²) in [6.07, 6.45) is 0. The number of tetrazole rings is 1. The molecular formula is C15H11Cl2N5O2. The Morgan fingerprint density at radius 1 is 1.00 bits per heavy atom. The highest BCUT2D eigenvalue weighted by atomic mass is 35.5. The summed E-state index contributed by atoms with van der Waals surface area (Å²) in [4.78, 5) is 24.4. The molecule has 0 unspecified atom stereocenters. The first-order valence-electron chi connectivity index (χ1n) is 6.88. The zero-order chi connectivity index (χ0) is 17.1. The number of aromatic nitrogens is 4. The van der Waals surface area contributed by atoms with Crippen LogP contribution in [0.2, 0.25) is 10.0 Å². The second-order valence-corrected chi connectivity index (χ2v) is 5.63. The van der Waals surface area contributed by atoms with Crippen LogP contribution >= 0.6 is 23.2 Å². The van der Waals surface area contributed by atoms with Crippen molar-refractivity contribution in [2.24, 2.45) is 0 Å². The molecule has 0 fully saturated rings. The number of hydrogen-bond donors (Lipinski definition) is 1. The lowest BCUT2D eigenvalue weighted by molar-refractivity contribution is -0.117. The average Bonchev–Trinajstić information content (AvgIpc) is 2.93. The van der Waals surface area contributed by atoms with E-state index in [-0.39, 0.29) is 12.2 Å². The van der Waals surface area contributed by atoms with Gasteiger partial charge in [-0.25, -0.2) is 4.79 Å². The Kier molecular flexibility index (Phi) is 4.64. The van der Waals surface area contributed by atoms with Gasteiger partial charge in [-0.3, -0.25) is 4.79 Å². The van der Waals surface area contributed by atoms with Gasteiger partial charge >= 0.3 is 5.69 Å². The molecule has 7 nitrogen and oxygen atoms in total. The minimum atomic E-state index is -0.526. The van der Waals surface area contributed by atoms with Crippen molar-refractivity contribution in [3.8, 4) is 5.69 Å². The lowest BCUT2D eigenvalue weighted by Gasteiger charge is -2.08. The van der Waals surface area contributed by atoms with E-state index in [0.29, 0.717) is 15.7 Å². The van der Waals surface area contributed by atoms with Crippen LogP contribution in [0.3, 0.4) is 0 Å². The number of hydrogen-bond acceptors (Lipinski definition) is 4. The van der Waals surface area contributed by atoms with Crippen LogP contribution < -0.4 is 11.0 Å². The number of benzene rings is 2. The van der Waals surface area contributed by atoms with E-state index in [1.54, 1.807) is 42.5 Å². The number of anilines is 1. The highest BCUT2D eigenvalue weighted by Crippen LogP contribution is 2.29. The van der Waals surface area contributed by atoms with E-state index < -0.39 is 11.6 Å². The minimum Gasteiger partial charge on any atom is -0.322 e. The minimum absolute atomic E-state index is 0.286. The number of carbonyl (C=O) groups is 1. The summed E-state index contributed by atoms with van der Waals surface area (Å²) >= 11 is 12.0. The van der Waals surface area contributed by atoms with E-state index in [4.69, 9.17) is 23.2 Å². The molecule has 9 heteroatoms. The van der Waals surface area contributed by atoms with Gasteiger partial charge in [-0.15, -0.1) is 0 Å². The molecule has 3 aromatic rings. The Labute approximate surface area is 146 Å². The summed E-state index contributed by atoms with van der Waals surface area (Å²) in [5, 5.41) is 10.6. The van der Waals surface area contributed by atoms with Crippen LogP contribution in [0.5, 0.6) is 0 Å². The predicted octanol–water partition coefficient (Wildman–Crippen LogP) is 2.37. The molecule has 0 aliphatic carbocycles. The maximum absolute atomic E-state index is 12.3. The third kappa shape index (κ3) is 3.32. The number of amides is 1. The van der Waals surface area contributed by atoms with Gasteiger partial charge in [0, 0.05) is 0 Å². The van der Waals surface area contributed by atoms with Crippen molar-refractivity contribution in [2.45, 2.75) is 6.54 Å². The Morgan fingerprint density at radius 3 is 2.33 bits per heavy atom. The van der Waals surface area contributed by atoms with E-state index in [1.165, 1.54) is 0 Å². The molecule has 0 radical (unpaired) electrons. The summed E-state index contributed by atoms with van der Waals surface area (Å²) in [7, 11) is 0. The molecule has 1 aromatic heterocycles. The van der Waals surface area contributed by atoms with Crippen LogP contribution in [0.1, 0.15) is 0 Å². The maximum atomic E-state index is 12.3. The highest BCUT2D eigenvalue weighted by Gasteiger charge is 2.14. The van der Waals surface area contributed by atoms with Crippen LogP contribution in [0.25, 0.3) is 5.69 Å². The summed E-state index contributed by atoms with van der Waals surface area (Å²) < 4.78 is 2.06. The van der Waals surface area contributed by atoms with Crippen LogP contribution in [0.4, 0.5) is 5.69 Å². The van der Waals surface area contributed by atoms with Crippen molar-refractivity contribution in [2.75, 3.05) is 5.32 Å². The molecule has 2 aromatic carbocycles. The highest BCUT2D eigenvalue weighted by molar-refractivity contribution is 6.39. The molecule has 122 valence electrons. The molecule has 0 saturated heterocycles. The average molecular weight is 364 g/mol. The normalized spacial score (nSPS) is 10.6. The van der Waals surface area contributed by atoms with Crippen molar-refractivity contribution in [1.29, 1.82) is 0 Å². The lowest BCUT2D eigenvalue weighted by atomic mass is 10.3. The smallest absolute Gasteiger partial charge is 0.322 e. The second kappa shape index (κ2) is 6.86. The number of rotatable bonds is 4. The second-order valence-electron chi connectivity index (χ2n) is 4.81. The van der Waals surface area contributed by atoms with Crippen molar-refractivity contribution < 1.29 is 4.79 Å². The Balaban J connectivity index is 1.79. The third-order valence-corrected chi connectivity index (χ3v) is 3.79. The lowest BCUT2D eigenvalue weighted by Crippen LogP contribution is -2.29. The van der Waals surface area contributed by atoms with Crippen LogP contribution in [0.15, 0.2) is 53.3 Å². The summed E-state index contributed by atoms with van der Waals surface area (Å²) in [6, 6.07) is 13.6. The number of nitrogens with zero attached hydrogens (tertiary/aromatic N) is 4. The first kappa shape index (κ1) is 16.2. The standard InChI is InChI=1S/C15H11Cl2N5O2/c16-11-7-4-8-12(17)14(11)18-13(23)9-21-15(24)22(20-19-21)10-5-2-1-3-6-10/h1-8H,9H2,(H,18,23). The van der Waals surface area contributed by atoms with Crippen LogP contribution in [-0.4, -0.2) is 25.7 Å². The van der Waals surface area contributed by atoms with Gasteiger partial charge in [-0.05, 0) is 34.7 Å². The largest absolute Gasteiger partial charge is 0.368 e. The third-order valence-electron chi connectivity index (χ3n) is 3.16. The molecule has 24 heavy (non-hydrogen) atoms. The van der Waals surface area contributed by atoms with Crippen molar-refractivity contribution in [1.82, 2.24) is 19.8 Å². The van der Waals surface area contributed by atoms with Crippen molar-refractivity contribution >= 4 is 34.8 Å². The molecule has 3 rings (SSSR count). The maximum Gasteiger partial charge on any atom is 0.368 e. The number of halogens is 2. The van der Waals surface area contributed by atoms with Gasteiger partial charge in [0.25, 0.3) is 0 Å². The molecule has 0 atom stereocenters. The molecule has 0 saturated carbocycles. The SMILES string of the molecule is O=C(Cn1nnn(-c2ccccc2)c1=O)Nc1c(Cl)cccc1Cl. The fourth-order valence-electron chi connectivity index (χ4n) is 2.04. The fraction of sp³-hybridized carbons (Fsp3) is 0.0667. The Bertz CT molecular complexity index is 916. The van der Waals surface area contributed by atoms with Gasteiger partial charge in [0.1, 0.15) is 6.54 Å². The molecule has 0 aliphatic rings. The predicted molar refractivity (Wildman–Crippen MR) is 90.7 cm³/mol. The molecule has 1 N–H and O–H groups in total. The summed E-state index contributed by atoms with van der Waals surface area (Å²) in [5.41, 5.74) is 0.319. The number of para-hydroxylation sites is 2. The van der Waals surface area contributed by atoms with Crippen LogP contribution in [0, 0.1) is 0 Å². The van der Waals surface area contributed by atoms with Crippen LogP contribution in [-0.2, 0) is 11.3 Å².